The van der Waals surface area contributed by atoms with E-state index in [9.17, 15) is 38.2 Å². The quantitative estimate of drug-likeness (QED) is 0.0193. The first kappa shape index (κ1) is 64.9. The third-order valence-corrected chi connectivity index (χ3v) is 14.3. The Bertz CT molecular complexity index is 1260. The number of allylic oxidation sites excluding steroid dienone is 1. The minimum atomic E-state index is -5.09. The van der Waals surface area contributed by atoms with Gasteiger partial charge in [0.1, 0.15) is 24.4 Å². The van der Waals surface area contributed by atoms with Crippen molar-refractivity contribution in [2.45, 2.75) is 320 Å². The van der Waals surface area contributed by atoms with E-state index >= 15 is 0 Å². The lowest BCUT2D eigenvalue weighted by Gasteiger charge is -2.41. The molecule has 0 aromatic carbocycles. The maximum atomic E-state index is 13.1. The van der Waals surface area contributed by atoms with Crippen molar-refractivity contribution in [3.05, 3.63) is 12.2 Å². The molecule has 1 rings (SSSR count). The number of unbranched alkanes of at least 4 members (excludes halogenated alkanes) is 38. The van der Waals surface area contributed by atoms with Crippen molar-refractivity contribution in [1.82, 2.24) is 5.32 Å². The smallest absolute Gasteiger partial charge is 0.394 e. The molecule has 1 amide bonds. The number of aliphatic hydroxyl groups is 4. The molecule has 404 valence electrons. The molecule has 1 aliphatic rings. The first-order valence-electron chi connectivity index (χ1n) is 28.6. The van der Waals surface area contributed by atoms with Crippen molar-refractivity contribution < 1.29 is 51.8 Å². The van der Waals surface area contributed by atoms with Gasteiger partial charge in [0.15, 0.2) is 6.29 Å². The third-order valence-electron chi connectivity index (χ3n) is 13.8. The van der Waals surface area contributed by atoms with Crippen molar-refractivity contribution in [1.29, 1.82) is 0 Å². The molecule has 0 radical (unpaired) electrons. The van der Waals surface area contributed by atoms with E-state index < -0.39 is 59.9 Å². The Balaban J connectivity index is 2.37. The van der Waals surface area contributed by atoms with Gasteiger partial charge in [-0.1, -0.05) is 264 Å². The molecule has 6 N–H and O–H groups in total. The van der Waals surface area contributed by atoms with Gasteiger partial charge in [-0.3, -0.25) is 9.35 Å². The highest BCUT2D eigenvalue weighted by Gasteiger charge is 2.48. The molecule has 0 bridgehead atoms. The van der Waals surface area contributed by atoms with Crippen LogP contribution in [0.5, 0.6) is 0 Å². The molecule has 7 unspecified atom stereocenters. The summed E-state index contributed by atoms with van der Waals surface area (Å²) in [6, 6.07) is -0.940. The van der Waals surface area contributed by atoms with E-state index in [1.165, 1.54) is 212 Å². The number of carbonyl (C=O) groups is 1. The second-order valence-electron chi connectivity index (χ2n) is 20.2. The SMILES string of the molecule is CCCCCCCCCCCCCCCCCC/C=C/C(O)C(COC1OC(CO)C(O)C(OS(=O)(=O)O)C1O)NC(=O)CCCCCCCCCCCCCCCCCCCCCCCCC. The Kier molecular flexibility index (Phi) is 43.6. The molecule has 0 aliphatic carbocycles. The van der Waals surface area contributed by atoms with Crippen LogP contribution in [-0.2, 0) is 28.9 Å². The van der Waals surface area contributed by atoms with Gasteiger partial charge in [0, 0.05) is 6.42 Å². The lowest BCUT2D eigenvalue weighted by Crippen LogP contribution is -2.61. The average molecular weight is 991 g/mol. The number of aliphatic hydroxyl groups excluding tert-OH is 4. The summed E-state index contributed by atoms with van der Waals surface area (Å²) in [5.74, 6) is -0.256. The zero-order chi connectivity index (χ0) is 49.8. The largest absolute Gasteiger partial charge is 0.397 e. The normalized spacial score (nSPS) is 19.8. The second kappa shape index (κ2) is 45.7. The van der Waals surface area contributed by atoms with E-state index in [-0.39, 0.29) is 18.9 Å². The fourth-order valence-corrected chi connectivity index (χ4v) is 9.91. The molecule has 1 heterocycles. The monoisotopic (exact) mass is 990 g/mol. The number of nitrogens with one attached hydrogen (secondary N) is 1. The molecule has 1 fully saturated rings. The number of carbonyl (C=O) groups excluding carboxylic acids is 1. The molecule has 12 nitrogen and oxygen atoms in total. The van der Waals surface area contributed by atoms with Gasteiger partial charge in [-0.25, -0.2) is 4.18 Å². The Morgan fingerprint density at radius 1 is 0.574 bits per heavy atom. The zero-order valence-corrected chi connectivity index (χ0v) is 44.5. The Morgan fingerprint density at radius 2 is 0.926 bits per heavy atom. The van der Waals surface area contributed by atoms with Crippen molar-refractivity contribution in [3.8, 4) is 0 Å². The van der Waals surface area contributed by atoms with Crippen LogP contribution in [0.3, 0.4) is 0 Å². The van der Waals surface area contributed by atoms with Crippen molar-refractivity contribution in [2.75, 3.05) is 13.2 Å². The number of ether oxygens (including phenoxy) is 2. The second-order valence-corrected chi connectivity index (χ2v) is 21.3. The lowest BCUT2D eigenvalue weighted by molar-refractivity contribution is -0.298. The summed E-state index contributed by atoms with van der Waals surface area (Å²) in [7, 11) is -5.09. The number of amides is 1. The van der Waals surface area contributed by atoms with Crippen LogP contribution < -0.4 is 5.32 Å². The predicted octanol–water partition coefficient (Wildman–Crippen LogP) is 13.1. The summed E-state index contributed by atoms with van der Waals surface area (Å²) in [6.07, 6.45) is 45.4. The molecule has 68 heavy (non-hydrogen) atoms. The van der Waals surface area contributed by atoms with Crippen LogP contribution in [0.15, 0.2) is 12.2 Å². The third kappa shape index (κ3) is 37.6. The molecule has 0 aromatic rings. The van der Waals surface area contributed by atoms with Gasteiger partial charge in [0.25, 0.3) is 0 Å². The molecular weight excluding hydrogens is 883 g/mol. The minimum absolute atomic E-state index is 0.256. The highest BCUT2D eigenvalue weighted by Crippen LogP contribution is 2.26. The van der Waals surface area contributed by atoms with Crippen molar-refractivity contribution in [3.63, 3.8) is 0 Å². The molecule has 1 aliphatic heterocycles. The topological polar surface area (TPSA) is 192 Å². The van der Waals surface area contributed by atoms with Crippen molar-refractivity contribution in [2.24, 2.45) is 0 Å². The highest BCUT2D eigenvalue weighted by molar-refractivity contribution is 7.80. The van der Waals surface area contributed by atoms with Gasteiger partial charge >= 0.3 is 10.4 Å². The zero-order valence-electron chi connectivity index (χ0n) is 43.7. The van der Waals surface area contributed by atoms with Crippen LogP contribution in [0.4, 0.5) is 0 Å². The van der Waals surface area contributed by atoms with Gasteiger partial charge in [-0.15, -0.1) is 0 Å². The molecular formula is C55H107NO11S. The van der Waals surface area contributed by atoms with Gasteiger partial charge in [0.2, 0.25) is 5.91 Å². The van der Waals surface area contributed by atoms with Crippen LogP contribution >= 0.6 is 0 Å². The highest BCUT2D eigenvalue weighted by atomic mass is 32.3. The summed E-state index contributed by atoms with van der Waals surface area (Å²) in [4.78, 5) is 13.1. The number of hydrogen-bond acceptors (Lipinski definition) is 10. The fraction of sp³-hybridized carbons (Fsp3) is 0.945. The van der Waals surface area contributed by atoms with Crippen LogP contribution in [0.1, 0.15) is 277 Å². The average Bonchev–Trinajstić information content (AvgIpc) is 3.31. The van der Waals surface area contributed by atoms with Gasteiger partial charge in [-0.05, 0) is 19.3 Å². The van der Waals surface area contributed by atoms with E-state index in [0.29, 0.717) is 6.42 Å². The summed E-state index contributed by atoms with van der Waals surface area (Å²) in [5.41, 5.74) is 0. The fourth-order valence-electron chi connectivity index (χ4n) is 9.40. The molecule has 1 saturated heterocycles. The number of rotatable bonds is 50. The maximum absolute atomic E-state index is 13.1. The van der Waals surface area contributed by atoms with E-state index in [4.69, 9.17) is 9.47 Å². The van der Waals surface area contributed by atoms with Crippen LogP contribution in [0.2, 0.25) is 0 Å². The molecule has 0 spiro atoms. The first-order valence-corrected chi connectivity index (χ1v) is 29.9. The summed E-state index contributed by atoms with van der Waals surface area (Å²) < 4.78 is 47.8. The standard InChI is InChI=1S/C55H107NO11S/c1-3-5-7-9-11-13-15-17-19-21-23-24-25-26-27-29-31-33-35-37-39-41-43-45-51(59)56-48(47-65-55-53(61)54(67-68(62,63)64)52(60)50(46-57)66-55)49(58)44-42-40-38-36-34-32-30-28-22-20-18-16-14-12-10-8-6-4-2/h42,44,48-50,52-55,57-58,60-61H,3-41,43,45-47H2,1-2H3,(H,56,59)(H,62,63,64)/b44-42+. The maximum Gasteiger partial charge on any atom is 0.397 e. The van der Waals surface area contributed by atoms with Crippen LogP contribution in [0.25, 0.3) is 0 Å². The molecule has 13 heteroatoms. The molecule has 0 saturated carbocycles. The predicted molar refractivity (Wildman–Crippen MR) is 278 cm³/mol. The van der Waals surface area contributed by atoms with Crippen molar-refractivity contribution >= 4 is 16.3 Å². The molecule has 0 aromatic heterocycles. The van der Waals surface area contributed by atoms with E-state index in [1.807, 2.05) is 6.08 Å². The van der Waals surface area contributed by atoms with E-state index in [2.05, 4.69) is 23.3 Å². The van der Waals surface area contributed by atoms with Crippen LogP contribution in [0, 0.1) is 0 Å². The van der Waals surface area contributed by atoms with Gasteiger partial charge < -0.3 is 35.2 Å². The van der Waals surface area contributed by atoms with E-state index in [0.717, 1.165) is 38.5 Å². The van der Waals surface area contributed by atoms with Crippen LogP contribution in [-0.4, -0.2) is 95.4 Å². The van der Waals surface area contributed by atoms with Gasteiger partial charge in [-0.2, -0.15) is 8.42 Å². The molecule has 7 atom stereocenters. The Hall–Kier alpha value is -1.16. The number of hydrogen-bond donors (Lipinski definition) is 6. The summed E-state index contributed by atoms with van der Waals surface area (Å²) in [5, 5.41) is 44.9. The minimum Gasteiger partial charge on any atom is -0.394 e. The lowest BCUT2D eigenvalue weighted by atomic mass is 9.99. The summed E-state index contributed by atoms with van der Waals surface area (Å²) in [6.45, 7) is 3.44. The Morgan fingerprint density at radius 3 is 1.28 bits per heavy atom. The van der Waals surface area contributed by atoms with E-state index in [1.54, 1.807) is 6.08 Å². The Labute approximate surface area is 417 Å². The first-order chi connectivity index (χ1) is 33.0. The summed E-state index contributed by atoms with van der Waals surface area (Å²) >= 11 is 0. The van der Waals surface area contributed by atoms with Gasteiger partial charge in [0.05, 0.1) is 25.4 Å².